The predicted molar refractivity (Wildman–Crippen MR) is 34.3 cm³/mol. The fraction of sp³-hybridized carbons (Fsp3) is 0.667. The van der Waals surface area contributed by atoms with E-state index in [2.05, 4.69) is 5.16 Å². The van der Waals surface area contributed by atoms with Crippen molar-refractivity contribution in [3.8, 4) is 6.07 Å². The van der Waals surface area contributed by atoms with E-state index in [4.69, 9.17) is 10.5 Å². The van der Waals surface area contributed by atoms with Crippen molar-refractivity contribution < 1.29 is 5.21 Å². The van der Waals surface area contributed by atoms with Gasteiger partial charge in [0.15, 0.2) is 0 Å². The molecular weight excluding hydrogens is 116 g/mol. The number of nitriles is 1. The van der Waals surface area contributed by atoms with Gasteiger partial charge in [-0.25, -0.2) is 0 Å². The minimum absolute atomic E-state index is 0.302. The van der Waals surface area contributed by atoms with E-state index in [1.807, 2.05) is 19.9 Å². The van der Waals surface area contributed by atoms with Gasteiger partial charge in [-0.05, 0) is 0 Å². The van der Waals surface area contributed by atoms with Crippen LogP contribution in [-0.2, 0) is 0 Å². The molecule has 0 saturated carbocycles. The van der Waals surface area contributed by atoms with Crippen LogP contribution in [0.15, 0.2) is 5.16 Å². The lowest BCUT2D eigenvalue weighted by Crippen LogP contribution is -2.11. The maximum Gasteiger partial charge on any atom is 0.0631 e. The van der Waals surface area contributed by atoms with E-state index in [1.54, 1.807) is 0 Å². The lowest BCUT2D eigenvalue weighted by molar-refractivity contribution is 0.314. The summed E-state index contributed by atoms with van der Waals surface area (Å²) in [5.74, 6) is 0. The maximum atomic E-state index is 8.24. The summed E-state index contributed by atoms with van der Waals surface area (Å²) in [6.45, 7) is 3.66. The van der Waals surface area contributed by atoms with Crippen molar-refractivity contribution in [3.63, 3.8) is 0 Å². The lowest BCUT2D eigenvalue weighted by Gasteiger charge is -2.11. The molecule has 0 amide bonds. The highest BCUT2D eigenvalue weighted by Crippen LogP contribution is 2.15. The van der Waals surface area contributed by atoms with Crippen LogP contribution in [0.2, 0.25) is 0 Å². The number of oxime groups is 1. The monoisotopic (exact) mass is 126 g/mol. The summed E-state index contributed by atoms with van der Waals surface area (Å²) < 4.78 is 0. The molecule has 0 spiro atoms. The molecule has 0 aliphatic carbocycles. The third kappa shape index (κ3) is 3.53. The highest BCUT2D eigenvalue weighted by molar-refractivity contribution is 5.64. The quantitative estimate of drug-likeness (QED) is 0.345. The Bertz CT molecular complexity index is 144. The van der Waals surface area contributed by atoms with Gasteiger partial charge in [-0.3, -0.25) is 0 Å². The number of rotatable bonds is 2. The second-order valence-corrected chi connectivity index (χ2v) is 2.57. The number of hydrogen-bond donors (Lipinski definition) is 1. The van der Waals surface area contributed by atoms with Gasteiger partial charge in [0.25, 0.3) is 0 Å². The van der Waals surface area contributed by atoms with Gasteiger partial charge in [0.2, 0.25) is 0 Å². The molecule has 0 aliphatic heterocycles. The standard InChI is InChI=1S/C6H10N2O/c1-6(2,3-4-7)5-8-9/h5,9H,3H2,1-2H3/b8-5+. The molecule has 50 valence electrons. The predicted octanol–water partition coefficient (Wildman–Crippen LogP) is 1.39. The van der Waals surface area contributed by atoms with Crippen molar-refractivity contribution in [1.82, 2.24) is 0 Å². The van der Waals surface area contributed by atoms with Crippen molar-refractivity contribution in [3.05, 3.63) is 0 Å². The zero-order chi connectivity index (χ0) is 7.33. The van der Waals surface area contributed by atoms with Gasteiger partial charge in [0.1, 0.15) is 0 Å². The summed E-state index contributed by atoms with van der Waals surface area (Å²) in [7, 11) is 0. The zero-order valence-electron chi connectivity index (χ0n) is 5.63. The molecule has 0 rings (SSSR count). The molecule has 0 aromatic heterocycles. The summed E-state index contributed by atoms with van der Waals surface area (Å²) in [6.07, 6.45) is 1.73. The van der Waals surface area contributed by atoms with Crippen LogP contribution in [0.5, 0.6) is 0 Å². The van der Waals surface area contributed by atoms with Crippen LogP contribution in [-0.4, -0.2) is 11.4 Å². The first-order valence-corrected chi connectivity index (χ1v) is 2.68. The van der Waals surface area contributed by atoms with E-state index >= 15 is 0 Å². The van der Waals surface area contributed by atoms with E-state index < -0.39 is 0 Å². The van der Waals surface area contributed by atoms with Gasteiger partial charge >= 0.3 is 0 Å². The van der Waals surface area contributed by atoms with Crippen LogP contribution in [0.1, 0.15) is 20.3 Å². The average Bonchev–Trinajstić information content (AvgIpc) is 1.64. The Morgan fingerprint density at radius 2 is 2.33 bits per heavy atom. The largest absolute Gasteiger partial charge is 0.411 e. The fourth-order valence-electron chi connectivity index (χ4n) is 0.406. The first-order chi connectivity index (χ1) is 4.12. The Morgan fingerprint density at radius 1 is 1.78 bits per heavy atom. The molecule has 0 unspecified atom stereocenters. The number of hydrogen-bond acceptors (Lipinski definition) is 3. The number of nitrogens with zero attached hydrogens (tertiary/aromatic N) is 2. The van der Waals surface area contributed by atoms with Gasteiger partial charge in [-0.15, -0.1) is 5.16 Å². The topological polar surface area (TPSA) is 56.4 Å². The van der Waals surface area contributed by atoms with Crippen LogP contribution in [0.4, 0.5) is 0 Å². The Kier molecular flexibility index (Phi) is 2.72. The third-order valence-corrected chi connectivity index (χ3v) is 0.942. The minimum atomic E-state index is -0.302. The van der Waals surface area contributed by atoms with Crippen LogP contribution in [0.3, 0.4) is 0 Å². The molecular formula is C6H10N2O. The normalized spacial score (nSPS) is 11.7. The van der Waals surface area contributed by atoms with Gasteiger partial charge in [-0.1, -0.05) is 13.8 Å². The molecule has 9 heavy (non-hydrogen) atoms. The van der Waals surface area contributed by atoms with Crippen LogP contribution in [0.25, 0.3) is 0 Å². The molecule has 0 saturated heterocycles. The Hall–Kier alpha value is -1.04. The van der Waals surface area contributed by atoms with Crippen molar-refractivity contribution >= 4 is 6.21 Å². The molecule has 0 aromatic carbocycles. The molecule has 0 fully saturated rings. The Balaban J connectivity index is 3.89. The lowest BCUT2D eigenvalue weighted by atomic mass is 9.92. The molecule has 3 nitrogen and oxygen atoms in total. The van der Waals surface area contributed by atoms with Gasteiger partial charge < -0.3 is 5.21 Å². The highest BCUT2D eigenvalue weighted by atomic mass is 16.4. The summed E-state index contributed by atoms with van der Waals surface area (Å²) in [4.78, 5) is 0. The van der Waals surface area contributed by atoms with Crippen LogP contribution >= 0.6 is 0 Å². The smallest absolute Gasteiger partial charge is 0.0631 e. The first-order valence-electron chi connectivity index (χ1n) is 2.68. The SMILES string of the molecule is CC(C)(/C=N/O)CC#N. The summed E-state index contributed by atoms with van der Waals surface area (Å²) in [5.41, 5.74) is -0.302. The molecule has 0 bridgehead atoms. The van der Waals surface area contributed by atoms with Crippen molar-refractivity contribution in [2.24, 2.45) is 10.6 Å². The molecule has 3 heteroatoms. The molecule has 0 aromatic rings. The second kappa shape index (κ2) is 3.08. The van der Waals surface area contributed by atoms with E-state index in [9.17, 15) is 0 Å². The first kappa shape index (κ1) is 7.96. The second-order valence-electron chi connectivity index (χ2n) is 2.57. The van der Waals surface area contributed by atoms with Crippen LogP contribution < -0.4 is 0 Å². The van der Waals surface area contributed by atoms with E-state index in [0.717, 1.165) is 0 Å². The third-order valence-electron chi connectivity index (χ3n) is 0.942. The van der Waals surface area contributed by atoms with Gasteiger partial charge in [-0.2, -0.15) is 5.26 Å². The highest BCUT2D eigenvalue weighted by Gasteiger charge is 2.13. The van der Waals surface area contributed by atoms with Crippen molar-refractivity contribution in [1.29, 1.82) is 5.26 Å². The molecule has 0 aliphatic rings. The van der Waals surface area contributed by atoms with Gasteiger partial charge in [0.05, 0.1) is 12.3 Å². The maximum absolute atomic E-state index is 8.24. The molecule has 1 N–H and O–H groups in total. The van der Waals surface area contributed by atoms with Crippen LogP contribution in [0, 0.1) is 16.7 Å². The average molecular weight is 126 g/mol. The Labute approximate surface area is 54.6 Å². The summed E-state index contributed by atoms with van der Waals surface area (Å²) >= 11 is 0. The van der Waals surface area contributed by atoms with Crippen molar-refractivity contribution in [2.75, 3.05) is 0 Å². The van der Waals surface area contributed by atoms with E-state index in [-0.39, 0.29) is 5.41 Å². The van der Waals surface area contributed by atoms with Gasteiger partial charge in [0, 0.05) is 11.8 Å². The molecule has 0 atom stereocenters. The summed E-state index contributed by atoms with van der Waals surface area (Å²) in [5, 5.41) is 19.2. The summed E-state index contributed by atoms with van der Waals surface area (Å²) in [6, 6.07) is 1.99. The van der Waals surface area contributed by atoms with Crippen molar-refractivity contribution in [2.45, 2.75) is 20.3 Å². The minimum Gasteiger partial charge on any atom is -0.411 e. The molecule has 0 heterocycles. The fourth-order valence-corrected chi connectivity index (χ4v) is 0.406. The Morgan fingerprint density at radius 3 is 2.67 bits per heavy atom. The zero-order valence-corrected chi connectivity index (χ0v) is 5.63. The van der Waals surface area contributed by atoms with E-state index in [1.165, 1.54) is 6.21 Å². The van der Waals surface area contributed by atoms with E-state index in [0.29, 0.717) is 6.42 Å². The molecule has 0 radical (unpaired) electrons.